The topological polar surface area (TPSA) is 35.5 Å². The number of halogens is 1. The van der Waals surface area contributed by atoms with Gasteiger partial charge in [-0.15, -0.1) is 0 Å². The molecule has 0 amide bonds. The summed E-state index contributed by atoms with van der Waals surface area (Å²) in [5.74, 6) is 2.88. The molecule has 0 N–H and O–H groups in total. The summed E-state index contributed by atoms with van der Waals surface area (Å²) in [6, 6.07) is 10.2. The van der Waals surface area contributed by atoms with E-state index in [-0.39, 0.29) is 0 Å². The third-order valence-electron chi connectivity index (χ3n) is 4.68. The van der Waals surface area contributed by atoms with E-state index in [0.717, 1.165) is 61.8 Å². The summed E-state index contributed by atoms with van der Waals surface area (Å²) in [5, 5.41) is 0.787. The second-order valence-electron chi connectivity index (χ2n) is 6.26. The Balaban J connectivity index is 1.72. The van der Waals surface area contributed by atoms with Crippen LogP contribution in [-0.2, 0) is 0 Å². The van der Waals surface area contributed by atoms with Crippen LogP contribution in [-0.4, -0.2) is 49.2 Å². The van der Waals surface area contributed by atoms with E-state index in [0.29, 0.717) is 0 Å². The highest BCUT2D eigenvalue weighted by atomic mass is 35.5. The molecule has 1 fully saturated rings. The van der Waals surface area contributed by atoms with E-state index in [9.17, 15) is 0 Å². The van der Waals surface area contributed by atoms with Gasteiger partial charge in [0, 0.05) is 56.0 Å². The molecule has 2 heterocycles. The second-order valence-corrected chi connectivity index (χ2v) is 6.69. The van der Waals surface area contributed by atoms with Crippen molar-refractivity contribution in [3.63, 3.8) is 0 Å². The maximum absolute atomic E-state index is 6.12. The summed E-state index contributed by atoms with van der Waals surface area (Å²) in [6.45, 7) is 12.0. The van der Waals surface area contributed by atoms with Gasteiger partial charge < -0.3 is 14.7 Å². The zero-order valence-corrected chi connectivity index (χ0v) is 16.0. The fourth-order valence-electron chi connectivity index (χ4n) is 3.27. The van der Waals surface area contributed by atoms with Crippen LogP contribution < -0.4 is 14.7 Å². The van der Waals surface area contributed by atoms with Gasteiger partial charge in [-0.3, -0.25) is 0 Å². The second kappa shape index (κ2) is 7.91. The van der Waals surface area contributed by atoms with Gasteiger partial charge in [-0.05, 0) is 39.0 Å². The van der Waals surface area contributed by atoms with Gasteiger partial charge in [-0.2, -0.15) is 0 Å². The molecule has 2 aromatic rings. The number of hydrogen-bond donors (Lipinski definition) is 0. The molecule has 3 rings (SSSR count). The van der Waals surface area contributed by atoms with Crippen LogP contribution in [0.4, 0.5) is 17.3 Å². The molecule has 1 aromatic heterocycles. The Bertz CT molecular complexity index is 709. The highest BCUT2D eigenvalue weighted by Gasteiger charge is 2.20. The minimum Gasteiger partial charge on any atom is -0.368 e. The number of aromatic nitrogens is 2. The highest BCUT2D eigenvalue weighted by molar-refractivity contribution is 6.30. The molecule has 0 radical (unpaired) electrons. The minimum absolute atomic E-state index is 0.787. The van der Waals surface area contributed by atoms with Gasteiger partial charge in [0.05, 0.1) is 0 Å². The summed E-state index contributed by atoms with van der Waals surface area (Å²) in [7, 11) is 0. The molecule has 5 nitrogen and oxygen atoms in total. The van der Waals surface area contributed by atoms with Crippen molar-refractivity contribution in [1.82, 2.24) is 9.97 Å². The predicted octanol–water partition coefficient (Wildman–Crippen LogP) is 3.61. The fourth-order valence-corrected chi connectivity index (χ4v) is 3.46. The van der Waals surface area contributed by atoms with E-state index in [1.54, 1.807) is 0 Å². The first kappa shape index (κ1) is 17.8. The monoisotopic (exact) mass is 359 g/mol. The van der Waals surface area contributed by atoms with E-state index in [1.807, 2.05) is 25.1 Å². The van der Waals surface area contributed by atoms with E-state index < -0.39 is 0 Å². The van der Waals surface area contributed by atoms with Crippen LogP contribution >= 0.6 is 11.6 Å². The van der Waals surface area contributed by atoms with Crippen molar-refractivity contribution in [3.05, 3.63) is 41.2 Å². The molecular weight excluding hydrogens is 334 g/mol. The Labute approximate surface area is 155 Å². The zero-order valence-electron chi connectivity index (χ0n) is 15.2. The van der Waals surface area contributed by atoms with E-state index in [1.165, 1.54) is 5.69 Å². The first-order chi connectivity index (χ1) is 12.1. The van der Waals surface area contributed by atoms with Gasteiger partial charge in [-0.25, -0.2) is 9.97 Å². The largest absolute Gasteiger partial charge is 0.368 e. The number of nitrogens with zero attached hydrogens (tertiary/aromatic N) is 5. The van der Waals surface area contributed by atoms with Crippen molar-refractivity contribution in [2.45, 2.75) is 20.8 Å². The maximum Gasteiger partial charge on any atom is 0.134 e. The number of hydrogen-bond acceptors (Lipinski definition) is 5. The lowest BCUT2D eigenvalue weighted by atomic mass is 10.2. The van der Waals surface area contributed by atoms with Gasteiger partial charge in [0.1, 0.15) is 17.5 Å². The Morgan fingerprint density at radius 1 is 1.00 bits per heavy atom. The molecule has 25 heavy (non-hydrogen) atoms. The molecule has 0 atom stereocenters. The van der Waals surface area contributed by atoms with Crippen LogP contribution in [0.5, 0.6) is 0 Å². The third-order valence-corrected chi connectivity index (χ3v) is 4.91. The third kappa shape index (κ3) is 4.15. The first-order valence-electron chi connectivity index (χ1n) is 8.96. The van der Waals surface area contributed by atoms with Gasteiger partial charge >= 0.3 is 0 Å². The molecule has 0 saturated carbocycles. The molecule has 134 valence electrons. The van der Waals surface area contributed by atoms with Crippen molar-refractivity contribution >= 4 is 28.9 Å². The predicted molar refractivity (Wildman–Crippen MR) is 106 cm³/mol. The Kier molecular flexibility index (Phi) is 5.63. The standard InChI is InChI=1S/C19H26ClN5/c1-4-23(5-2)18-14-19(22-15(3)21-18)25-11-9-24(10-12-25)17-8-6-7-16(20)13-17/h6-8,13-14H,4-5,9-12H2,1-3H3. The summed E-state index contributed by atoms with van der Waals surface area (Å²) in [6.07, 6.45) is 0. The van der Waals surface area contributed by atoms with Gasteiger partial charge in [0.15, 0.2) is 0 Å². The van der Waals surface area contributed by atoms with Crippen LogP contribution in [0.3, 0.4) is 0 Å². The molecule has 1 aliphatic rings. The molecule has 1 aromatic carbocycles. The normalized spacial score (nSPS) is 14.7. The molecule has 0 bridgehead atoms. The number of rotatable bonds is 5. The van der Waals surface area contributed by atoms with Gasteiger partial charge in [0.2, 0.25) is 0 Å². The van der Waals surface area contributed by atoms with Crippen molar-refractivity contribution in [2.75, 3.05) is 54.0 Å². The number of benzene rings is 1. The van der Waals surface area contributed by atoms with Crippen molar-refractivity contribution < 1.29 is 0 Å². The summed E-state index contributed by atoms with van der Waals surface area (Å²) < 4.78 is 0. The van der Waals surface area contributed by atoms with Crippen LogP contribution in [0.1, 0.15) is 19.7 Å². The number of piperazine rings is 1. The van der Waals surface area contributed by atoms with Crippen LogP contribution in [0.2, 0.25) is 5.02 Å². The number of anilines is 3. The minimum atomic E-state index is 0.787. The van der Waals surface area contributed by atoms with Gasteiger partial charge in [0.25, 0.3) is 0 Å². The zero-order chi connectivity index (χ0) is 17.8. The average Bonchev–Trinajstić information content (AvgIpc) is 2.62. The lowest BCUT2D eigenvalue weighted by Crippen LogP contribution is -2.47. The van der Waals surface area contributed by atoms with Crippen LogP contribution in [0, 0.1) is 6.92 Å². The summed E-state index contributed by atoms with van der Waals surface area (Å²) in [5.41, 5.74) is 1.19. The van der Waals surface area contributed by atoms with E-state index >= 15 is 0 Å². The van der Waals surface area contributed by atoms with Gasteiger partial charge in [-0.1, -0.05) is 17.7 Å². The maximum atomic E-state index is 6.12. The molecule has 1 aliphatic heterocycles. The molecule has 0 aliphatic carbocycles. The van der Waals surface area contributed by atoms with E-state index in [2.05, 4.69) is 50.6 Å². The van der Waals surface area contributed by atoms with E-state index in [4.69, 9.17) is 11.6 Å². The molecule has 0 spiro atoms. The van der Waals surface area contributed by atoms with Crippen LogP contribution in [0.15, 0.2) is 30.3 Å². The van der Waals surface area contributed by atoms with Crippen molar-refractivity contribution in [1.29, 1.82) is 0 Å². The first-order valence-corrected chi connectivity index (χ1v) is 9.34. The van der Waals surface area contributed by atoms with Crippen LogP contribution in [0.25, 0.3) is 0 Å². The summed E-state index contributed by atoms with van der Waals surface area (Å²) in [4.78, 5) is 16.3. The molecule has 0 unspecified atom stereocenters. The SMILES string of the molecule is CCN(CC)c1cc(N2CCN(c3cccc(Cl)c3)CC2)nc(C)n1. The lowest BCUT2D eigenvalue weighted by molar-refractivity contribution is 0.645. The Hall–Kier alpha value is -2.01. The fraction of sp³-hybridized carbons (Fsp3) is 0.474. The lowest BCUT2D eigenvalue weighted by Gasteiger charge is -2.37. The molecule has 6 heteroatoms. The van der Waals surface area contributed by atoms with Crippen molar-refractivity contribution in [3.8, 4) is 0 Å². The molecule has 1 saturated heterocycles. The smallest absolute Gasteiger partial charge is 0.134 e. The average molecular weight is 360 g/mol. The quantitative estimate of drug-likeness (QED) is 0.814. The molecular formula is C19H26ClN5. The Morgan fingerprint density at radius 3 is 2.32 bits per heavy atom. The highest BCUT2D eigenvalue weighted by Crippen LogP contribution is 2.24. The Morgan fingerprint density at radius 2 is 1.68 bits per heavy atom. The van der Waals surface area contributed by atoms with Crippen molar-refractivity contribution in [2.24, 2.45) is 0 Å². The summed E-state index contributed by atoms with van der Waals surface area (Å²) >= 11 is 6.12. The number of aryl methyl sites for hydroxylation is 1.